The van der Waals surface area contributed by atoms with Crippen molar-refractivity contribution in [3.8, 4) is 0 Å². The van der Waals surface area contributed by atoms with Crippen LogP contribution >= 0.6 is 11.3 Å². The summed E-state index contributed by atoms with van der Waals surface area (Å²) in [5.41, 5.74) is 1.29. The number of thiazole rings is 1. The second kappa shape index (κ2) is 6.34. The molecule has 0 unspecified atom stereocenters. The zero-order valence-electron chi connectivity index (χ0n) is 13.2. The quantitative estimate of drug-likeness (QED) is 0.915. The molecule has 0 radical (unpaired) electrons. The van der Waals surface area contributed by atoms with Crippen LogP contribution < -0.4 is 10.2 Å². The third kappa shape index (κ3) is 3.07. The molecule has 0 amide bonds. The highest BCUT2D eigenvalue weighted by atomic mass is 32.1. The Hall–Kier alpha value is -1.11. The van der Waals surface area contributed by atoms with Gasteiger partial charge in [0.15, 0.2) is 10.8 Å². The van der Waals surface area contributed by atoms with Crippen molar-refractivity contribution in [3.05, 3.63) is 17.3 Å². The van der Waals surface area contributed by atoms with Crippen LogP contribution in [0.25, 0.3) is 4.96 Å². The van der Waals surface area contributed by atoms with Gasteiger partial charge in [0.1, 0.15) is 0 Å². The Balaban J connectivity index is 1.75. The summed E-state index contributed by atoms with van der Waals surface area (Å²) >= 11 is 1.71. The average molecular weight is 307 g/mol. The minimum atomic E-state index is 0.827. The number of rotatable bonds is 5. The highest BCUT2D eigenvalue weighted by Gasteiger charge is 2.24. The van der Waals surface area contributed by atoms with E-state index in [2.05, 4.69) is 45.2 Å². The SMILES string of the molecule is CNCc1c(N2CCC(CN(C)C)CC2)nc2sccn12. The molecule has 0 aromatic carbocycles. The third-order valence-electron chi connectivity index (χ3n) is 4.22. The van der Waals surface area contributed by atoms with E-state index >= 15 is 0 Å². The summed E-state index contributed by atoms with van der Waals surface area (Å²) in [6.45, 7) is 4.32. The first-order valence-electron chi connectivity index (χ1n) is 7.67. The first kappa shape index (κ1) is 14.8. The Morgan fingerprint density at radius 3 is 2.81 bits per heavy atom. The van der Waals surface area contributed by atoms with Crippen LogP contribution in [0, 0.1) is 5.92 Å². The lowest BCUT2D eigenvalue weighted by Crippen LogP contribution is -2.37. The molecule has 1 N–H and O–H groups in total. The molecular weight excluding hydrogens is 282 g/mol. The Bertz CT molecular complexity index is 580. The summed E-state index contributed by atoms with van der Waals surface area (Å²) < 4.78 is 2.22. The minimum Gasteiger partial charge on any atom is -0.355 e. The minimum absolute atomic E-state index is 0.827. The van der Waals surface area contributed by atoms with E-state index in [4.69, 9.17) is 4.98 Å². The van der Waals surface area contributed by atoms with Gasteiger partial charge in [-0.15, -0.1) is 11.3 Å². The normalized spacial score (nSPS) is 17.2. The van der Waals surface area contributed by atoms with Gasteiger partial charge in [-0.05, 0) is 39.9 Å². The van der Waals surface area contributed by atoms with Crippen molar-refractivity contribution in [1.29, 1.82) is 0 Å². The Kier molecular flexibility index (Phi) is 4.47. The second-order valence-corrected chi connectivity index (χ2v) is 7.03. The van der Waals surface area contributed by atoms with E-state index < -0.39 is 0 Å². The molecule has 116 valence electrons. The number of nitrogens with zero attached hydrogens (tertiary/aromatic N) is 4. The van der Waals surface area contributed by atoms with Crippen LogP contribution in [0.2, 0.25) is 0 Å². The Morgan fingerprint density at radius 2 is 2.14 bits per heavy atom. The van der Waals surface area contributed by atoms with Crippen molar-refractivity contribution in [2.24, 2.45) is 5.92 Å². The largest absolute Gasteiger partial charge is 0.355 e. The molecule has 1 aliphatic rings. The van der Waals surface area contributed by atoms with Crippen LogP contribution in [0.3, 0.4) is 0 Å². The molecule has 1 fully saturated rings. The molecule has 3 rings (SSSR count). The predicted molar refractivity (Wildman–Crippen MR) is 89.3 cm³/mol. The molecule has 3 heterocycles. The highest BCUT2D eigenvalue weighted by molar-refractivity contribution is 7.15. The first-order valence-corrected chi connectivity index (χ1v) is 8.55. The van der Waals surface area contributed by atoms with Gasteiger partial charge in [-0.1, -0.05) is 0 Å². The lowest BCUT2D eigenvalue weighted by Gasteiger charge is -2.34. The van der Waals surface area contributed by atoms with Crippen LogP contribution in [0.15, 0.2) is 11.6 Å². The number of piperidine rings is 1. The summed E-state index contributed by atoms with van der Waals surface area (Å²) in [6, 6.07) is 0. The number of fused-ring (bicyclic) bond motifs is 1. The summed E-state index contributed by atoms with van der Waals surface area (Å²) in [4.78, 5) is 10.7. The summed E-state index contributed by atoms with van der Waals surface area (Å²) in [5.74, 6) is 2.01. The smallest absolute Gasteiger partial charge is 0.195 e. The number of hydrogen-bond acceptors (Lipinski definition) is 5. The number of aromatic nitrogens is 2. The first-order chi connectivity index (χ1) is 10.2. The van der Waals surface area contributed by atoms with E-state index in [1.54, 1.807) is 11.3 Å². The van der Waals surface area contributed by atoms with Crippen LogP contribution in [-0.2, 0) is 6.54 Å². The lowest BCUT2D eigenvalue weighted by molar-refractivity contribution is 0.284. The predicted octanol–water partition coefficient (Wildman–Crippen LogP) is 1.89. The van der Waals surface area contributed by atoms with Gasteiger partial charge in [0.25, 0.3) is 0 Å². The molecule has 0 spiro atoms. The highest BCUT2D eigenvalue weighted by Crippen LogP contribution is 2.28. The Morgan fingerprint density at radius 1 is 1.38 bits per heavy atom. The van der Waals surface area contributed by atoms with E-state index in [0.717, 1.165) is 30.5 Å². The third-order valence-corrected chi connectivity index (χ3v) is 4.98. The van der Waals surface area contributed by atoms with Gasteiger partial charge in [-0.25, -0.2) is 4.98 Å². The fourth-order valence-corrected chi connectivity index (χ4v) is 3.98. The van der Waals surface area contributed by atoms with Crippen molar-refractivity contribution < 1.29 is 0 Å². The molecular formula is C15H25N5S. The fourth-order valence-electron chi connectivity index (χ4n) is 3.25. The van der Waals surface area contributed by atoms with Gasteiger partial charge in [0.05, 0.1) is 5.69 Å². The molecule has 0 saturated carbocycles. The van der Waals surface area contributed by atoms with E-state index in [-0.39, 0.29) is 0 Å². The number of imidazole rings is 1. The molecule has 0 aliphatic carbocycles. The zero-order valence-corrected chi connectivity index (χ0v) is 14.0. The summed E-state index contributed by atoms with van der Waals surface area (Å²) in [5, 5.41) is 5.38. The van der Waals surface area contributed by atoms with Crippen LogP contribution in [-0.4, -0.2) is 55.1 Å². The fraction of sp³-hybridized carbons (Fsp3) is 0.667. The number of nitrogens with one attached hydrogen (secondary N) is 1. The van der Waals surface area contributed by atoms with Crippen LogP contribution in [0.4, 0.5) is 5.82 Å². The standard InChI is InChI=1S/C15H25N5S/c1-16-10-13-14(17-15-20(13)8-9-21-15)19-6-4-12(5-7-19)11-18(2)3/h8-9,12,16H,4-7,10-11H2,1-3H3. The number of hydrogen-bond donors (Lipinski definition) is 1. The zero-order chi connectivity index (χ0) is 14.8. The molecule has 0 atom stereocenters. The topological polar surface area (TPSA) is 35.8 Å². The number of anilines is 1. The monoisotopic (exact) mass is 307 g/mol. The maximum atomic E-state index is 4.86. The van der Waals surface area contributed by atoms with E-state index in [1.807, 2.05) is 7.05 Å². The van der Waals surface area contributed by atoms with Gasteiger partial charge in [0.2, 0.25) is 0 Å². The van der Waals surface area contributed by atoms with Crippen LogP contribution in [0.1, 0.15) is 18.5 Å². The molecule has 1 aliphatic heterocycles. The summed E-state index contributed by atoms with van der Waals surface area (Å²) in [6.07, 6.45) is 4.66. The van der Waals surface area contributed by atoms with Gasteiger partial charge in [0, 0.05) is 37.8 Å². The summed E-state index contributed by atoms with van der Waals surface area (Å²) in [7, 11) is 6.33. The van der Waals surface area contributed by atoms with Gasteiger partial charge < -0.3 is 15.1 Å². The molecule has 0 bridgehead atoms. The van der Waals surface area contributed by atoms with Crippen molar-refractivity contribution >= 4 is 22.1 Å². The van der Waals surface area contributed by atoms with E-state index in [0.29, 0.717) is 0 Å². The van der Waals surface area contributed by atoms with Crippen molar-refractivity contribution in [3.63, 3.8) is 0 Å². The lowest BCUT2D eigenvalue weighted by atomic mass is 9.96. The van der Waals surface area contributed by atoms with Crippen molar-refractivity contribution in [2.45, 2.75) is 19.4 Å². The molecule has 1 saturated heterocycles. The van der Waals surface area contributed by atoms with Gasteiger partial charge in [-0.2, -0.15) is 0 Å². The van der Waals surface area contributed by atoms with E-state index in [9.17, 15) is 0 Å². The van der Waals surface area contributed by atoms with Crippen molar-refractivity contribution in [1.82, 2.24) is 19.6 Å². The maximum Gasteiger partial charge on any atom is 0.195 e. The molecule has 6 heteroatoms. The van der Waals surface area contributed by atoms with Crippen molar-refractivity contribution in [2.75, 3.05) is 45.7 Å². The van der Waals surface area contributed by atoms with Gasteiger partial charge >= 0.3 is 0 Å². The second-order valence-electron chi connectivity index (χ2n) is 6.16. The molecule has 21 heavy (non-hydrogen) atoms. The molecule has 5 nitrogen and oxygen atoms in total. The van der Waals surface area contributed by atoms with Crippen LogP contribution in [0.5, 0.6) is 0 Å². The van der Waals surface area contributed by atoms with E-state index in [1.165, 1.54) is 30.9 Å². The van der Waals surface area contributed by atoms with Gasteiger partial charge in [-0.3, -0.25) is 4.40 Å². The molecule has 2 aromatic heterocycles. The average Bonchev–Trinajstić information content (AvgIpc) is 3.02. The maximum absolute atomic E-state index is 4.86. The Labute approximate surface area is 130 Å². The molecule has 2 aromatic rings.